The molecule has 1 N–H and O–H groups in total. The largest absolute Gasteiger partial charge is 0.497 e. The van der Waals surface area contributed by atoms with Gasteiger partial charge < -0.3 is 24.3 Å². The second-order valence-corrected chi connectivity index (χ2v) is 6.35. The summed E-state index contributed by atoms with van der Waals surface area (Å²) in [5, 5.41) is 2.66. The Morgan fingerprint density at radius 1 is 0.867 bits per heavy atom. The molecule has 160 valence electrons. The molecule has 0 aliphatic rings. The summed E-state index contributed by atoms with van der Waals surface area (Å²) in [5.41, 5.74) is 2.09. The van der Waals surface area contributed by atoms with E-state index in [1.54, 1.807) is 44.6 Å². The normalized spacial score (nSPS) is 10.1. The van der Waals surface area contributed by atoms with E-state index in [1.165, 1.54) is 7.11 Å². The number of amides is 1. The number of carbonyl (C=O) groups is 3. The third kappa shape index (κ3) is 7.12. The van der Waals surface area contributed by atoms with Crippen molar-refractivity contribution in [1.29, 1.82) is 0 Å². The molecule has 0 atom stereocenters. The highest BCUT2D eigenvalue weighted by Crippen LogP contribution is 2.23. The first-order valence-corrected chi connectivity index (χ1v) is 9.26. The first kappa shape index (κ1) is 22.7. The molecule has 0 heterocycles. The lowest BCUT2D eigenvalue weighted by atomic mass is 10.1. The number of aryl methyl sites for hydroxylation is 1. The molecule has 0 spiro atoms. The molecule has 0 aliphatic carbocycles. The van der Waals surface area contributed by atoms with Gasteiger partial charge in [-0.05, 0) is 41.8 Å². The van der Waals surface area contributed by atoms with Crippen molar-refractivity contribution in [3.8, 4) is 11.5 Å². The number of esters is 2. The van der Waals surface area contributed by atoms with Crippen LogP contribution in [0.2, 0.25) is 0 Å². The molecule has 2 rings (SSSR count). The van der Waals surface area contributed by atoms with Crippen LogP contribution in [0.5, 0.6) is 11.5 Å². The van der Waals surface area contributed by atoms with E-state index in [1.807, 2.05) is 12.1 Å². The summed E-state index contributed by atoms with van der Waals surface area (Å²) in [5.74, 6) is -0.0453. The smallest absolute Gasteiger partial charge is 0.337 e. The van der Waals surface area contributed by atoms with Gasteiger partial charge >= 0.3 is 11.9 Å². The Morgan fingerprint density at radius 3 is 2.07 bits per heavy atom. The average molecular weight is 415 g/mol. The van der Waals surface area contributed by atoms with Crippen LogP contribution in [0.25, 0.3) is 0 Å². The number of methoxy groups -OCH3 is 3. The van der Waals surface area contributed by atoms with Gasteiger partial charge in [0.15, 0.2) is 6.61 Å². The first-order valence-electron chi connectivity index (χ1n) is 9.26. The monoisotopic (exact) mass is 415 g/mol. The van der Waals surface area contributed by atoms with Crippen LogP contribution in [0.3, 0.4) is 0 Å². The predicted molar refractivity (Wildman–Crippen MR) is 108 cm³/mol. The fourth-order valence-corrected chi connectivity index (χ4v) is 2.60. The maximum atomic E-state index is 11.9. The molecule has 0 aliphatic heterocycles. The summed E-state index contributed by atoms with van der Waals surface area (Å²) in [6.45, 7) is -0.109. The molecule has 0 bridgehead atoms. The number of hydrogen-bond acceptors (Lipinski definition) is 7. The van der Waals surface area contributed by atoms with Crippen molar-refractivity contribution in [2.45, 2.75) is 19.4 Å². The van der Waals surface area contributed by atoms with Crippen LogP contribution in [0.15, 0.2) is 42.5 Å². The molecule has 2 aromatic rings. The molecule has 0 aromatic heterocycles. The Bertz CT molecular complexity index is 855. The molecule has 0 saturated heterocycles. The number of rotatable bonds is 10. The zero-order chi connectivity index (χ0) is 21.9. The Morgan fingerprint density at radius 2 is 1.50 bits per heavy atom. The highest BCUT2D eigenvalue weighted by molar-refractivity contribution is 5.89. The molecule has 0 fully saturated rings. The molecule has 0 unspecified atom stereocenters. The topological polar surface area (TPSA) is 100 Å². The van der Waals surface area contributed by atoms with Crippen molar-refractivity contribution in [2.75, 3.05) is 27.9 Å². The van der Waals surface area contributed by atoms with Gasteiger partial charge in [0.25, 0.3) is 5.91 Å². The van der Waals surface area contributed by atoms with Gasteiger partial charge in [-0.25, -0.2) is 4.79 Å². The minimum atomic E-state index is -0.477. The number of nitrogens with one attached hydrogen (secondary N) is 1. The Kier molecular flexibility index (Phi) is 8.68. The lowest BCUT2D eigenvalue weighted by molar-refractivity contribution is -0.148. The van der Waals surface area contributed by atoms with Crippen LogP contribution in [0.4, 0.5) is 0 Å². The van der Waals surface area contributed by atoms with Crippen molar-refractivity contribution in [3.63, 3.8) is 0 Å². The zero-order valence-electron chi connectivity index (χ0n) is 17.2. The lowest BCUT2D eigenvalue weighted by Gasteiger charge is -2.09. The van der Waals surface area contributed by atoms with Gasteiger partial charge in [0, 0.05) is 19.0 Å². The van der Waals surface area contributed by atoms with E-state index in [0.29, 0.717) is 23.5 Å². The predicted octanol–water partition coefficient (Wildman–Crippen LogP) is 2.28. The van der Waals surface area contributed by atoms with E-state index >= 15 is 0 Å². The van der Waals surface area contributed by atoms with Gasteiger partial charge in [-0.15, -0.1) is 0 Å². The SMILES string of the molecule is COC(=O)c1ccc(CNC(=O)COC(=O)CCc2cc(OC)cc(OC)c2)cc1. The van der Waals surface area contributed by atoms with E-state index in [0.717, 1.165) is 11.1 Å². The summed E-state index contributed by atoms with van der Waals surface area (Å²) < 4.78 is 20.0. The van der Waals surface area contributed by atoms with Crippen molar-refractivity contribution in [3.05, 3.63) is 59.2 Å². The van der Waals surface area contributed by atoms with Crippen molar-refractivity contribution >= 4 is 17.8 Å². The Hall–Kier alpha value is -3.55. The zero-order valence-corrected chi connectivity index (χ0v) is 17.2. The maximum absolute atomic E-state index is 11.9. The third-order valence-electron chi connectivity index (χ3n) is 4.26. The van der Waals surface area contributed by atoms with Crippen LogP contribution >= 0.6 is 0 Å². The minimum absolute atomic E-state index is 0.124. The summed E-state index contributed by atoms with van der Waals surface area (Å²) in [6, 6.07) is 12.0. The second-order valence-electron chi connectivity index (χ2n) is 6.35. The van der Waals surface area contributed by atoms with Gasteiger partial charge in [-0.1, -0.05) is 12.1 Å². The van der Waals surface area contributed by atoms with Gasteiger partial charge in [0.05, 0.1) is 26.9 Å². The van der Waals surface area contributed by atoms with E-state index in [2.05, 4.69) is 10.1 Å². The molecule has 8 heteroatoms. The van der Waals surface area contributed by atoms with Gasteiger partial charge in [-0.2, -0.15) is 0 Å². The molecule has 1 amide bonds. The number of hydrogen-bond donors (Lipinski definition) is 1. The maximum Gasteiger partial charge on any atom is 0.337 e. The average Bonchev–Trinajstić information content (AvgIpc) is 2.79. The molecule has 2 aromatic carbocycles. The molecule has 8 nitrogen and oxygen atoms in total. The van der Waals surface area contributed by atoms with E-state index in [9.17, 15) is 14.4 Å². The minimum Gasteiger partial charge on any atom is -0.497 e. The van der Waals surface area contributed by atoms with Crippen LogP contribution in [0.1, 0.15) is 27.9 Å². The molecular weight excluding hydrogens is 390 g/mol. The van der Waals surface area contributed by atoms with E-state index in [-0.39, 0.29) is 19.6 Å². The van der Waals surface area contributed by atoms with Crippen LogP contribution < -0.4 is 14.8 Å². The first-order chi connectivity index (χ1) is 14.4. The third-order valence-corrected chi connectivity index (χ3v) is 4.26. The van der Waals surface area contributed by atoms with Crippen molar-refractivity contribution in [1.82, 2.24) is 5.32 Å². The highest BCUT2D eigenvalue weighted by Gasteiger charge is 2.10. The van der Waals surface area contributed by atoms with E-state index in [4.69, 9.17) is 14.2 Å². The number of carbonyl (C=O) groups excluding carboxylic acids is 3. The van der Waals surface area contributed by atoms with Crippen molar-refractivity contribution in [2.24, 2.45) is 0 Å². The summed E-state index contributed by atoms with van der Waals surface area (Å²) in [4.78, 5) is 35.2. The fraction of sp³-hybridized carbons (Fsp3) is 0.318. The molecule has 0 radical (unpaired) electrons. The molecular formula is C22H25NO7. The lowest BCUT2D eigenvalue weighted by Crippen LogP contribution is -2.28. The Balaban J connectivity index is 1.73. The summed E-state index contributed by atoms with van der Waals surface area (Å²) >= 11 is 0. The quantitative estimate of drug-likeness (QED) is 0.594. The highest BCUT2D eigenvalue weighted by atomic mass is 16.5. The van der Waals surface area contributed by atoms with Crippen LogP contribution in [-0.4, -0.2) is 45.8 Å². The van der Waals surface area contributed by atoms with Gasteiger partial charge in [0.1, 0.15) is 11.5 Å². The standard InChI is InChI=1S/C22H25NO7/c1-27-18-10-16(11-19(12-18)28-2)6-9-21(25)30-14-20(24)23-13-15-4-7-17(8-5-15)22(26)29-3/h4-5,7-8,10-12H,6,9,13-14H2,1-3H3,(H,23,24). The summed E-state index contributed by atoms with van der Waals surface area (Å²) in [6.07, 6.45) is 0.555. The van der Waals surface area contributed by atoms with Crippen LogP contribution in [0, 0.1) is 0 Å². The Labute approximate surface area is 175 Å². The number of benzene rings is 2. The van der Waals surface area contributed by atoms with Crippen LogP contribution in [-0.2, 0) is 32.0 Å². The van der Waals surface area contributed by atoms with Gasteiger partial charge in [0.2, 0.25) is 0 Å². The van der Waals surface area contributed by atoms with Gasteiger partial charge in [-0.3, -0.25) is 9.59 Å². The second kappa shape index (κ2) is 11.5. The fourth-order valence-electron chi connectivity index (χ4n) is 2.60. The van der Waals surface area contributed by atoms with E-state index < -0.39 is 17.8 Å². The molecule has 0 saturated carbocycles. The van der Waals surface area contributed by atoms with Crippen molar-refractivity contribution < 1.29 is 33.3 Å². The molecule has 30 heavy (non-hydrogen) atoms. The summed E-state index contributed by atoms with van der Waals surface area (Å²) in [7, 11) is 4.42. The number of ether oxygens (including phenoxy) is 4.